The zero-order valence-corrected chi connectivity index (χ0v) is 10.2. The molecular weight excluding hydrogens is 256 g/mol. The molecule has 3 nitrogen and oxygen atoms in total. The van der Waals surface area contributed by atoms with Crippen LogP contribution in [0.4, 0.5) is 0 Å². The van der Waals surface area contributed by atoms with Crippen molar-refractivity contribution >= 4 is 21.8 Å². The molecule has 1 N–H and O–H groups in total. The van der Waals surface area contributed by atoms with Crippen LogP contribution in [0.15, 0.2) is 22.9 Å². The van der Waals surface area contributed by atoms with Gasteiger partial charge in [0.1, 0.15) is 4.60 Å². The zero-order chi connectivity index (χ0) is 10.9. The van der Waals surface area contributed by atoms with Crippen molar-refractivity contribution in [1.82, 2.24) is 10.3 Å². The molecular formula is C11H13BrN2O. The third-order valence-electron chi connectivity index (χ3n) is 2.77. The lowest BCUT2D eigenvalue weighted by molar-refractivity contribution is 0.0945. The maximum atomic E-state index is 11.7. The molecule has 1 aromatic heterocycles. The molecule has 15 heavy (non-hydrogen) atoms. The molecule has 1 fully saturated rings. The van der Waals surface area contributed by atoms with Crippen LogP contribution in [0.25, 0.3) is 0 Å². The molecule has 0 bridgehead atoms. The lowest BCUT2D eigenvalue weighted by Gasteiger charge is -2.09. The van der Waals surface area contributed by atoms with Crippen LogP contribution in [0.5, 0.6) is 0 Å². The average Bonchev–Trinajstić information content (AvgIpc) is 2.95. The molecule has 4 heteroatoms. The van der Waals surface area contributed by atoms with Crippen LogP contribution in [-0.4, -0.2) is 17.4 Å². The molecule has 1 heterocycles. The maximum absolute atomic E-state index is 11.7. The third kappa shape index (κ3) is 2.78. The number of carbonyl (C=O) groups excluding carboxylic acids is 1. The lowest BCUT2D eigenvalue weighted by atomic mass is 10.1. The Hall–Kier alpha value is -0.900. The Morgan fingerprint density at radius 3 is 2.87 bits per heavy atom. The fourth-order valence-electron chi connectivity index (χ4n) is 1.30. The van der Waals surface area contributed by atoms with Gasteiger partial charge in [-0.2, -0.15) is 0 Å². The number of carbonyl (C=O) groups is 1. The van der Waals surface area contributed by atoms with Gasteiger partial charge in [-0.05, 0) is 46.3 Å². The van der Waals surface area contributed by atoms with Gasteiger partial charge in [0.2, 0.25) is 0 Å². The van der Waals surface area contributed by atoms with Crippen molar-refractivity contribution in [3.63, 3.8) is 0 Å². The Kier molecular flexibility index (Phi) is 2.78. The van der Waals surface area contributed by atoms with Gasteiger partial charge < -0.3 is 5.32 Å². The number of amides is 1. The summed E-state index contributed by atoms with van der Waals surface area (Å²) in [6.45, 7) is 2.95. The first-order valence-corrected chi connectivity index (χ1v) is 5.78. The van der Waals surface area contributed by atoms with Gasteiger partial charge in [-0.1, -0.05) is 6.92 Å². The van der Waals surface area contributed by atoms with Crippen molar-refractivity contribution < 1.29 is 4.79 Å². The molecule has 0 radical (unpaired) electrons. The van der Waals surface area contributed by atoms with Gasteiger partial charge in [0, 0.05) is 12.7 Å². The fraction of sp³-hybridized carbons (Fsp3) is 0.455. The molecule has 0 atom stereocenters. The Morgan fingerprint density at radius 2 is 2.33 bits per heavy atom. The number of aromatic nitrogens is 1. The first-order valence-electron chi connectivity index (χ1n) is 4.99. The predicted molar refractivity (Wildman–Crippen MR) is 61.6 cm³/mol. The standard InChI is InChI=1S/C11H13BrN2O/c1-11(4-5-11)7-14-10(15)8-2-3-9(12)13-6-8/h2-3,6H,4-5,7H2,1H3,(H,14,15). The zero-order valence-electron chi connectivity index (χ0n) is 8.59. The van der Waals surface area contributed by atoms with E-state index in [1.54, 1.807) is 18.3 Å². The van der Waals surface area contributed by atoms with Crippen LogP contribution in [0.3, 0.4) is 0 Å². The van der Waals surface area contributed by atoms with Crippen LogP contribution in [0.2, 0.25) is 0 Å². The van der Waals surface area contributed by atoms with Crippen molar-refractivity contribution in [3.8, 4) is 0 Å². The van der Waals surface area contributed by atoms with E-state index in [4.69, 9.17) is 0 Å². The molecule has 1 amide bonds. The van der Waals surface area contributed by atoms with E-state index in [-0.39, 0.29) is 5.91 Å². The highest BCUT2D eigenvalue weighted by molar-refractivity contribution is 9.10. The summed E-state index contributed by atoms with van der Waals surface area (Å²) in [5.74, 6) is -0.0388. The number of rotatable bonds is 3. The Morgan fingerprint density at radius 1 is 1.60 bits per heavy atom. The smallest absolute Gasteiger partial charge is 0.252 e. The summed E-state index contributed by atoms with van der Waals surface area (Å²) in [4.78, 5) is 15.7. The normalized spacial score (nSPS) is 17.2. The number of hydrogen-bond acceptors (Lipinski definition) is 2. The second-order valence-corrected chi connectivity index (χ2v) is 5.18. The van der Waals surface area contributed by atoms with E-state index in [0.717, 1.165) is 11.1 Å². The van der Waals surface area contributed by atoms with Crippen molar-refractivity contribution in [3.05, 3.63) is 28.5 Å². The molecule has 2 rings (SSSR count). The summed E-state index contributed by atoms with van der Waals surface area (Å²) in [5.41, 5.74) is 0.959. The number of nitrogens with one attached hydrogen (secondary N) is 1. The molecule has 0 aliphatic heterocycles. The van der Waals surface area contributed by atoms with Crippen molar-refractivity contribution in [1.29, 1.82) is 0 Å². The van der Waals surface area contributed by atoms with Gasteiger partial charge in [0.25, 0.3) is 5.91 Å². The number of pyridine rings is 1. The van der Waals surface area contributed by atoms with Gasteiger partial charge >= 0.3 is 0 Å². The highest BCUT2D eigenvalue weighted by atomic mass is 79.9. The van der Waals surface area contributed by atoms with Crippen molar-refractivity contribution in [2.24, 2.45) is 5.41 Å². The molecule has 0 saturated heterocycles. The van der Waals surface area contributed by atoms with Crippen LogP contribution < -0.4 is 5.32 Å². The molecule has 1 aliphatic rings. The SMILES string of the molecule is CC1(CNC(=O)c2ccc(Br)nc2)CC1. The van der Waals surface area contributed by atoms with E-state index in [1.807, 2.05) is 0 Å². The van der Waals surface area contributed by atoms with E-state index >= 15 is 0 Å². The average molecular weight is 269 g/mol. The Labute approximate surface area is 97.4 Å². The minimum absolute atomic E-state index is 0.0388. The molecule has 1 saturated carbocycles. The highest BCUT2D eigenvalue weighted by Gasteiger charge is 2.37. The van der Waals surface area contributed by atoms with Crippen LogP contribution >= 0.6 is 15.9 Å². The second kappa shape index (κ2) is 3.93. The van der Waals surface area contributed by atoms with Crippen LogP contribution in [-0.2, 0) is 0 Å². The van der Waals surface area contributed by atoms with E-state index < -0.39 is 0 Å². The second-order valence-electron chi connectivity index (χ2n) is 4.36. The summed E-state index contributed by atoms with van der Waals surface area (Å²) in [5, 5.41) is 2.93. The number of nitrogens with zero attached hydrogens (tertiary/aromatic N) is 1. The lowest BCUT2D eigenvalue weighted by Crippen LogP contribution is -2.29. The minimum atomic E-state index is -0.0388. The summed E-state index contributed by atoms with van der Waals surface area (Å²) >= 11 is 3.23. The molecule has 0 unspecified atom stereocenters. The van der Waals surface area contributed by atoms with Crippen molar-refractivity contribution in [2.45, 2.75) is 19.8 Å². The highest BCUT2D eigenvalue weighted by Crippen LogP contribution is 2.44. The van der Waals surface area contributed by atoms with Gasteiger partial charge in [-0.25, -0.2) is 4.98 Å². The molecule has 0 aromatic carbocycles. The monoisotopic (exact) mass is 268 g/mol. The molecule has 0 spiro atoms. The van der Waals surface area contributed by atoms with Gasteiger partial charge in [-0.15, -0.1) is 0 Å². The number of hydrogen-bond donors (Lipinski definition) is 1. The fourth-order valence-corrected chi connectivity index (χ4v) is 1.53. The molecule has 1 aromatic rings. The molecule has 1 aliphatic carbocycles. The summed E-state index contributed by atoms with van der Waals surface area (Å²) in [6.07, 6.45) is 4.01. The topological polar surface area (TPSA) is 42.0 Å². The predicted octanol–water partition coefficient (Wildman–Crippen LogP) is 2.37. The number of halogens is 1. The van der Waals surface area contributed by atoms with Crippen molar-refractivity contribution in [2.75, 3.05) is 6.54 Å². The Balaban J connectivity index is 1.92. The molecule has 80 valence electrons. The Bertz CT molecular complexity index is 371. The van der Waals surface area contributed by atoms with E-state index in [1.165, 1.54) is 12.8 Å². The first-order chi connectivity index (χ1) is 7.09. The summed E-state index contributed by atoms with van der Waals surface area (Å²) in [7, 11) is 0. The van der Waals surface area contributed by atoms with E-state index in [2.05, 4.69) is 33.2 Å². The van der Waals surface area contributed by atoms with Crippen LogP contribution in [0.1, 0.15) is 30.1 Å². The first kappa shape index (κ1) is 10.6. The van der Waals surface area contributed by atoms with E-state index in [9.17, 15) is 4.79 Å². The quantitative estimate of drug-likeness (QED) is 0.856. The minimum Gasteiger partial charge on any atom is -0.351 e. The van der Waals surface area contributed by atoms with Gasteiger partial charge in [0.15, 0.2) is 0 Å². The summed E-state index contributed by atoms with van der Waals surface area (Å²) in [6, 6.07) is 3.54. The van der Waals surface area contributed by atoms with Gasteiger partial charge in [0.05, 0.1) is 5.56 Å². The summed E-state index contributed by atoms with van der Waals surface area (Å²) < 4.78 is 0.744. The van der Waals surface area contributed by atoms with Gasteiger partial charge in [-0.3, -0.25) is 4.79 Å². The third-order valence-corrected chi connectivity index (χ3v) is 3.24. The van der Waals surface area contributed by atoms with Crippen LogP contribution in [0, 0.1) is 5.41 Å². The largest absolute Gasteiger partial charge is 0.351 e. The maximum Gasteiger partial charge on any atom is 0.252 e. The van der Waals surface area contributed by atoms with E-state index in [0.29, 0.717) is 11.0 Å².